The minimum atomic E-state index is -3.98. The third-order valence-electron chi connectivity index (χ3n) is 8.43. The van der Waals surface area contributed by atoms with Crippen molar-refractivity contribution in [3.05, 3.63) is 57.9 Å². The molecule has 0 unspecified atom stereocenters. The number of nitrogens with one attached hydrogen (secondary N) is 1. The smallest absolute Gasteiger partial charge is 0.281 e. The molecule has 0 aliphatic carbocycles. The number of rotatable bonds is 3. The van der Waals surface area contributed by atoms with Gasteiger partial charge in [-0.2, -0.15) is 4.98 Å². The Morgan fingerprint density at radius 3 is 2.35 bits per heavy atom. The van der Waals surface area contributed by atoms with Gasteiger partial charge in [0, 0.05) is 18.8 Å². The summed E-state index contributed by atoms with van der Waals surface area (Å²) in [5.74, 6) is 0. The van der Waals surface area contributed by atoms with Crippen LogP contribution in [0.5, 0.6) is 0 Å². The lowest BCUT2D eigenvalue weighted by molar-refractivity contribution is 0.0945. The zero-order chi connectivity index (χ0) is 25.9. The summed E-state index contributed by atoms with van der Waals surface area (Å²) in [6.07, 6.45) is 4.82. The van der Waals surface area contributed by atoms with Crippen molar-refractivity contribution in [3.8, 4) is 0 Å². The third kappa shape index (κ3) is 4.02. The van der Waals surface area contributed by atoms with E-state index in [1.54, 1.807) is 25.1 Å². The molecule has 2 aromatic heterocycles. The Morgan fingerprint density at radius 1 is 0.946 bits per heavy atom. The van der Waals surface area contributed by atoms with E-state index in [4.69, 9.17) is 0 Å². The van der Waals surface area contributed by atoms with Crippen LogP contribution in [-0.4, -0.2) is 66.4 Å². The Kier molecular flexibility index (Phi) is 5.65. The highest BCUT2D eigenvalue weighted by Crippen LogP contribution is 2.42. The van der Waals surface area contributed by atoms with Crippen LogP contribution in [0.25, 0.3) is 16.6 Å². The molecular formula is C27H32N6O3S. The maximum atomic E-state index is 13.5. The van der Waals surface area contributed by atoms with E-state index in [1.807, 2.05) is 25.1 Å². The SMILES string of the molecule is Cc1ccc(S(=O)(=O)c2n[nH]n3c2nc(=O)c2ccc(N4CCC5(CCN(C)CC5)CC4)cc23)c(C)c1. The van der Waals surface area contributed by atoms with Gasteiger partial charge in [0.15, 0.2) is 5.65 Å². The Balaban J connectivity index is 1.38. The molecule has 194 valence electrons. The number of benzene rings is 2. The highest BCUT2D eigenvalue weighted by molar-refractivity contribution is 7.91. The normalized spacial score (nSPS) is 18.7. The monoisotopic (exact) mass is 520 g/mol. The number of aromatic amines is 1. The van der Waals surface area contributed by atoms with Crippen molar-refractivity contribution in [1.29, 1.82) is 0 Å². The van der Waals surface area contributed by atoms with Crippen LogP contribution >= 0.6 is 0 Å². The molecule has 9 nitrogen and oxygen atoms in total. The van der Waals surface area contributed by atoms with E-state index in [-0.39, 0.29) is 15.6 Å². The number of hydrogen-bond acceptors (Lipinski definition) is 7. The minimum Gasteiger partial charge on any atom is -0.371 e. The molecule has 4 aromatic rings. The molecule has 1 spiro atoms. The maximum Gasteiger partial charge on any atom is 0.281 e. The van der Waals surface area contributed by atoms with Crippen LogP contribution in [0.4, 0.5) is 5.69 Å². The summed E-state index contributed by atoms with van der Waals surface area (Å²) in [4.78, 5) is 22.0. The quantitative estimate of drug-likeness (QED) is 0.442. The second-order valence-corrected chi connectivity index (χ2v) is 12.7. The van der Waals surface area contributed by atoms with Gasteiger partial charge in [-0.25, -0.2) is 18.1 Å². The van der Waals surface area contributed by atoms with Crippen LogP contribution in [0.2, 0.25) is 0 Å². The van der Waals surface area contributed by atoms with Crippen molar-refractivity contribution in [2.24, 2.45) is 5.41 Å². The molecule has 0 radical (unpaired) electrons. The van der Waals surface area contributed by atoms with Gasteiger partial charge >= 0.3 is 0 Å². The van der Waals surface area contributed by atoms with Gasteiger partial charge in [-0.3, -0.25) is 4.79 Å². The van der Waals surface area contributed by atoms with Crippen LogP contribution in [0, 0.1) is 19.3 Å². The maximum absolute atomic E-state index is 13.5. The molecule has 10 heteroatoms. The second-order valence-electron chi connectivity index (χ2n) is 10.9. The Hall–Kier alpha value is -3.24. The molecule has 2 aliphatic heterocycles. The number of hydrogen-bond donors (Lipinski definition) is 1. The van der Waals surface area contributed by atoms with Crippen LogP contribution in [0.1, 0.15) is 36.8 Å². The third-order valence-corrected chi connectivity index (χ3v) is 10.2. The van der Waals surface area contributed by atoms with Crippen molar-refractivity contribution >= 4 is 32.1 Å². The molecular weight excluding hydrogens is 488 g/mol. The molecule has 2 aromatic carbocycles. The number of H-pyrrole nitrogens is 1. The number of sulfone groups is 1. The first-order valence-electron chi connectivity index (χ1n) is 12.8. The number of aromatic nitrogens is 4. The van der Waals surface area contributed by atoms with Crippen molar-refractivity contribution in [1.82, 2.24) is 24.7 Å². The average molecular weight is 521 g/mol. The van der Waals surface area contributed by atoms with E-state index in [0.29, 0.717) is 21.9 Å². The van der Waals surface area contributed by atoms with E-state index in [0.717, 1.165) is 50.3 Å². The Labute approximate surface area is 216 Å². The van der Waals surface area contributed by atoms with Gasteiger partial charge in [-0.15, -0.1) is 5.10 Å². The van der Waals surface area contributed by atoms with Gasteiger partial charge in [0.1, 0.15) is 0 Å². The first-order chi connectivity index (χ1) is 17.7. The van der Waals surface area contributed by atoms with E-state index < -0.39 is 15.4 Å². The zero-order valence-electron chi connectivity index (χ0n) is 21.5. The standard InChI is InChI=1S/C27H32N6O3S/c1-18-4-7-23(19(2)16-18)37(35,36)26-24-28-25(34)21-6-5-20(17-22(21)33(24)30-29-26)32-14-10-27(11-15-32)8-12-31(3)13-9-27/h4-7,16-17,30H,8-15H2,1-3H3. The summed E-state index contributed by atoms with van der Waals surface area (Å²) in [5, 5.41) is 7.12. The van der Waals surface area contributed by atoms with Crippen LogP contribution in [0.15, 0.2) is 51.1 Å². The molecule has 37 heavy (non-hydrogen) atoms. The number of aryl methyl sites for hydroxylation is 2. The molecule has 2 saturated heterocycles. The summed E-state index contributed by atoms with van der Waals surface area (Å²) in [6, 6.07) is 10.8. The van der Waals surface area contributed by atoms with Crippen LogP contribution in [0.3, 0.4) is 0 Å². The number of fused-ring (bicyclic) bond motifs is 3. The highest BCUT2D eigenvalue weighted by Gasteiger charge is 2.37. The van der Waals surface area contributed by atoms with Gasteiger partial charge in [-0.05, 0) is 94.9 Å². The fraction of sp³-hybridized carbons (Fsp3) is 0.444. The summed E-state index contributed by atoms with van der Waals surface area (Å²) >= 11 is 0. The molecule has 2 fully saturated rings. The van der Waals surface area contributed by atoms with Gasteiger partial charge in [0.25, 0.3) is 5.56 Å². The number of anilines is 1. The van der Waals surface area contributed by atoms with Crippen LogP contribution in [-0.2, 0) is 9.84 Å². The summed E-state index contributed by atoms with van der Waals surface area (Å²) in [6.45, 7) is 7.92. The number of nitrogens with zero attached hydrogens (tertiary/aromatic N) is 5. The van der Waals surface area contributed by atoms with Gasteiger partial charge < -0.3 is 9.80 Å². The predicted molar refractivity (Wildman–Crippen MR) is 143 cm³/mol. The molecule has 2 aliphatic rings. The minimum absolute atomic E-state index is 0.0125. The molecule has 0 bridgehead atoms. The zero-order valence-corrected chi connectivity index (χ0v) is 22.3. The largest absolute Gasteiger partial charge is 0.371 e. The van der Waals surface area contributed by atoms with Gasteiger partial charge in [0.2, 0.25) is 14.9 Å². The number of likely N-dealkylation sites (tertiary alicyclic amines) is 1. The second kappa shape index (κ2) is 8.66. The molecule has 0 saturated carbocycles. The lowest BCUT2D eigenvalue weighted by Crippen LogP contribution is -2.46. The first kappa shape index (κ1) is 24.1. The van der Waals surface area contributed by atoms with E-state index in [2.05, 4.69) is 32.1 Å². The lowest BCUT2D eigenvalue weighted by atomic mass is 9.71. The first-order valence-corrected chi connectivity index (χ1v) is 14.3. The van der Waals surface area contributed by atoms with E-state index >= 15 is 0 Å². The molecule has 6 rings (SSSR count). The fourth-order valence-corrected chi connectivity index (χ4v) is 7.49. The highest BCUT2D eigenvalue weighted by atomic mass is 32.2. The summed E-state index contributed by atoms with van der Waals surface area (Å²) in [5.41, 5.74) is 3.16. The number of piperidine rings is 2. The average Bonchev–Trinajstić information content (AvgIpc) is 3.31. The molecule has 0 atom stereocenters. The summed E-state index contributed by atoms with van der Waals surface area (Å²) < 4.78 is 28.6. The molecule has 0 amide bonds. The van der Waals surface area contributed by atoms with Gasteiger partial charge in [-0.1, -0.05) is 17.7 Å². The molecule has 1 N–H and O–H groups in total. The van der Waals surface area contributed by atoms with Crippen molar-refractivity contribution in [2.75, 3.05) is 38.1 Å². The van der Waals surface area contributed by atoms with Crippen molar-refractivity contribution < 1.29 is 8.42 Å². The van der Waals surface area contributed by atoms with Crippen molar-refractivity contribution in [3.63, 3.8) is 0 Å². The topological polar surface area (TPSA) is 104 Å². The Bertz CT molecular complexity index is 1670. The Morgan fingerprint density at radius 2 is 1.65 bits per heavy atom. The molecule has 4 heterocycles. The summed E-state index contributed by atoms with van der Waals surface area (Å²) in [7, 11) is -1.79. The van der Waals surface area contributed by atoms with Crippen molar-refractivity contribution in [2.45, 2.75) is 49.5 Å². The van der Waals surface area contributed by atoms with Crippen LogP contribution < -0.4 is 10.5 Å². The van der Waals surface area contributed by atoms with E-state index in [9.17, 15) is 13.2 Å². The van der Waals surface area contributed by atoms with Gasteiger partial charge in [0.05, 0.1) is 15.8 Å². The van der Waals surface area contributed by atoms with E-state index in [1.165, 1.54) is 17.4 Å². The lowest BCUT2D eigenvalue weighted by Gasteiger charge is -2.46. The predicted octanol–water partition coefficient (Wildman–Crippen LogP) is 3.33. The fourth-order valence-electron chi connectivity index (χ4n) is 6.01.